The van der Waals surface area contributed by atoms with Gasteiger partial charge in [-0.3, -0.25) is 4.79 Å². The molecule has 0 saturated heterocycles. The van der Waals surface area contributed by atoms with Crippen LogP contribution in [0.15, 0.2) is 24.3 Å². The standard InChI is InChI=1S/C16H25NO3/c1-4-16(5-2,12-18)11-17-15(19)13-7-9-14(10-8-13)20-6-3/h7-10,18H,4-6,11-12H2,1-3H3,(H,17,19). The van der Waals surface area contributed by atoms with Gasteiger partial charge in [0.05, 0.1) is 13.2 Å². The van der Waals surface area contributed by atoms with Gasteiger partial charge in [-0.1, -0.05) is 13.8 Å². The molecule has 0 radical (unpaired) electrons. The number of nitrogens with one attached hydrogen (secondary N) is 1. The number of carbonyl (C=O) groups excluding carboxylic acids is 1. The molecule has 0 aromatic heterocycles. The molecular weight excluding hydrogens is 254 g/mol. The summed E-state index contributed by atoms with van der Waals surface area (Å²) in [5.41, 5.74) is 0.383. The van der Waals surface area contributed by atoms with E-state index in [0.717, 1.165) is 18.6 Å². The fourth-order valence-electron chi connectivity index (χ4n) is 2.02. The Labute approximate surface area is 121 Å². The second kappa shape index (κ2) is 7.90. The monoisotopic (exact) mass is 279 g/mol. The Morgan fingerprint density at radius 3 is 2.25 bits per heavy atom. The number of aliphatic hydroxyl groups excluding tert-OH is 1. The van der Waals surface area contributed by atoms with Crippen molar-refractivity contribution in [2.45, 2.75) is 33.6 Å². The summed E-state index contributed by atoms with van der Waals surface area (Å²) < 4.78 is 5.34. The Balaban J connectivity index is 2.62. The molecule has 1 aromatic rings. The zero-order valence-electron chi connectivity index (χ0n) is 12.6. The van der Waals surface area contributed by atoms with Gasteiger partial charge in [0.15, 0.2) is 0 Å². The van der Waals surface area contributed by atoms with Gasteiger partial charge in [-0.15, -0.1) is 0 Å². The molecule has 0 saturated carbocycles. The van der Waals surface area contributed by atoms with Gasteiger partial charge in [0, 0.05) is 17.5 Å². The lowest BCUT2D eigenvalue weighted by Gasteiger charge is -2.29. The van der Waals surface area contributed by atoms with Crippen LogP contribution in [-0.4, -0.2) is 30.8 Å². The van der Waals surface area contributed by atoms with Gasteiger partial charge < -0.3 is 15.2 Å². The van der Waals surface area contributed by atoms with Crippen molar-refractivity contribution in [2.75, 3.05) is 19.8 Å². The molecule has 0 spiro atoms. The molecule has 4 heteroatoms. The first-order valence-electron chi connectivity index (χ1n) is 7.22. The summed E-state index contributed by atoms with van der Waals surface area (Å²) in [7, 11) is 0. The molecule has 0 unspecified atom stereocenters. The summed E-state index contributed by atoms with van der Waals surface area (Å²) in [6.07, 6.45) is 1.67. The zero-order chi connectivity index (χ0) is 15.0. The van der Waals surface area contributed by atoms with Crippen LogP contribution >= 0.6 is 0 Å². The van der Waals surface area contributed by atoms with Crippen molar-refractivity contribution in [2.24, 2.45) is 5.41 Å². The van der Waals surface area contributed by atoms with Crippen molar-refractivity contribution in [3.8, 4) is 5.75 Å². The Morgan fingerprint density at radius 1 is 1.20 bits per heavy atom. The summed E-state index contributed by atoms with van der Waals surface area (Å²) in [6.45, 7) is 7.17. The first kappa shape index (κ1) is 16.5. The van der Waals surface area contributed by atoms with E-state index in [2.05, 4.69) is 5.32 Å². The first-order chi connectivity index (χ1) is 9.60. The minimum atomic E-state index is -0.221. The number of hydrogen-bond acceptors (Lipinski definition) is 3. The van der Waals surface area contributed by atoms with Crippen molar-refractivity contribution in [1.29, 1.82) is 0 Å². The number of rotatable bonds is 8. The summed E-state index contributed by atoms with van der Waals surface area (Å²) in [6, 6.07) is 7.08. The Bertz CT molecular complexity index is 402. The minimum Gasteiger partial charge on any atom is -0.494 e. The fraction of sp³-hybridized carbons (Fsp3) is 0.562. The van der Waals surface area contributed by atoms with E-state index in [9.17, 15) is 9.90 Å². The summed E-state index contributed by atoms with van der Waals surface area (Å²) >= 11 is 0. The van der Waals surface area contributed by atoms with Gasteiger partial charge in [0.1, 0.15) is 5.75 Å². The average molecular weight is 279 g/mol. The van der Waals surface area contributed by atoms with Gasteiger partial charge in [-0.25, -0.2) is 0 Å². The zero-order valence-corrected chi connectivity index (χ0v) is 12.6. The predicted octanol–water partition coefficient (Wildman–Crippen LogP) is 2.61. The highest BCUT2D eigenvalue weighted by molar-refractivity contribution is 5.94. The van der Waals surface area contributed by atoms with E-state index in [1.165, 1.54) is 0 Å². The highest BCUT2D eigenvalue weighted by atomic mass is 16.5. The van der Waals surface area contributed by atoms with Crippen LogP contribution in [0.2, 0.25) is 0 Å². The minimum absolute atomic E-state index is 0.0869. The van der Waals surface area contributed by atoms with E-state index in [1.807, 2.05) is 20.8 Å². The molecule has 0 heterocycles. The third kappa shape index (κ3) is 4.23. The molecule has 0 aliphatic rings. The fourth-order valence-corrected chi connectivity index (χ4v) is 2.02. The van der Waals surface area contributed by atoms with Gasteiger partial charge in [-0.2, -0.15) is 0 Å². The molecule has 0 aliphatic carbocycles. The van der Waals surface area contributed by atoms with Crippen LogP contribution in [-0.2, 0) is 0 Å². The van der Waals surface area contributed by atoms with E-state index < -0.39 is 0 Å². The van der Waals surface area contributed by atoms with Crippen LogP contribution in [0.5, 0.6) is 5.75 Å². The molecular formula is C16H25NO3. The van der Waals surface area contributed by atoms with Gasteiger partial charge in [-0.05, 0) is 44.0 Å². The van der Waals surface area contributed by atoms with Crippen molar-refractivity contribution in [3.63, 3.8) is 0 Å². The number of ether oxygens (including phenoxy) is 1. The van der Waals surface area contributed by atoms with Gasteiger partial charge >= 0.3 is 0 Å². The lowest BCUT2D eigenvalue weighted by molar-refractivity contribution is 0.0851. The smallest absolute Gasteiger partial charge is 0.251 e. The third-order valence-corrected chi connectivity index (χ3v) is 3.89. The number of carbonyl (C=O) groups is 1. The maximum atomic E-state index is 12.1. The Hall–Kier alpha value is -1.55. The molecule has 1 rings (SSSR count). The quantitative estimate of drug-likeness (QED) is 0.769. The highest BCUT2D eigenvalue weighted by Gasteiger charge is 2.25. The Kier molecular flexibility index (Phi) is 6.52. The van der Waals surface area contributed by atoms with Gasteiger partial charge in [0.2, 0.25) is 0 Å². The molecule has 0 atom stereocenters. The van der Waals surface area contributed by atoms with Crippen LogP contribution in [0.4, 0.5) is 0 Å². The van der Waals surface area contributed by atoms with E-state index >= 15 is 0 Å². The van der Waals surface area contributed by atoms with Gasteiger partial charge in [0.25, 0.3) is 5.91 Å². The molecule has 20 heavy (non-hydrogen) atoms. The van der Waals surface area contributed by atoms with E-state index in [-0.39, 0.29) is 17.9 Å². The van der Waals surface area contributed by atoms with Crippen molar-refractivity contribution >= 4 is 5.91 Å². The average Bonchev–Trinajstić information content (AvgIpc) is 2.50. The topological polar surface area (TPSA) is 58.6 Å². The van der Waals surface area contributed by atoms with Crippen molar-refractivity contribution in [1.82, 2.24) is 5.32 Å². The molecule has 112 valence electrons. The summed E-state index contributed by atoms with van der Waals surface area (Å²) in [5, 5.41) is 12.4. The summed E-state index contributed by atoms with van der Waals surface area (Å²) in [5.74, 6) is 0.642. The molecule has 2 N–H and O–H groups in total. The van der Waals surface area contributed by atoms with Crippen molar-refractivity contribution in [3.05, 3.63) is 29.8 Å². The molecule has 0 fully saturated rings. The molecule has 0 bridgehead atoms. The van der Waals surface area contributed by atoms with E-state index in [4.69, 9.17) is 4.74 Å². The predicted molar refractivity (Wildman–Crippen MR) is 80.0 cm³/mol. The van der Waals surface area contributed by atoms with Crippen LogP contribution in [0.25, 0.3) is 0 Å². The summed E-state index contributed by atoms with van der Waals surface area (Å²) in [4.78, 5) is 12.1. The second-order valence-corrected chi connectivity index (χ2v) is 5.01. The maximum Gasteiger partial charge on any atom is 0.251 e. The lowest BCUT2D eigenvalue weighted by Crippen LogP contribution is -2.39. The normalized spacial score (nSPS) is 11.2. The molecule has 0 aliphatic heterocycles. The molecule has 1 aromatic carbocycles. The number of aliphatic hydroxyl groups is 1. The number of amides is 1. The molecule has 4 nitrogen and oxygen atoms in total. The number of benzene rings is 1. The van der Waals surface area contributed by atoms with E-state index in [0.29, 0.717) is 18.7 Å². The van der Waals surface area contributed by atoms with Crippen molar-refractivity contribution < 1.29 is 14.6 Å². The SMILES string of the molecule is CCOc1ccc(C(=O)NCC(CC)(CC)CO)cc1. The number of hydrogen-bond donors (Lipinski definition) is 2. The first-order valence-corrected chi connectivity index (χ1v) is 7.22. The largest absolute Gasteiger partial charge is 0.494 e. The molecule has 1 amide bonds. The highest BCUT2D eigenvalue weighted by Crippen LogP contribution is 2.24. The van der Waals surface area contributed by atoms with Crippen LogP contribution in [0, 0.1) is 5.41 Å². The third-order valence-electron chi connectivity index (χ3n) is 3.89. The lowest BCUT2D eigenvalue weighted by atomic mass is 9.83. The van der Waals surface area contributed by atoms with E-state index in [1.54, 1.807) is 24.3 Å². The van der Waals surface area contributed by atoms with Crippen LogP contribution < -0.4 is 10.1 Å². The van der Waals surface area contributed by atoms with Crippen LogP contribution in [0.1, 0.15) is 44.0 Å². The maximum absolute atomic E-state index is 12.1. The van der Waals surface area contributed by atoms with Crippen LogP contribution in [0.3, 0.4) is 0 Å². The Morgan fingerprint density at radius 2 is 1.80 bits per heavy atom. The second-order valence-electron chi connectivity index (χ2n) is 5.01.